The zero-order valence-corrected chi connectivity index (χ0v) is 10.4. The lowest BCUT2D eigenvalue weighted by Gasteiger charge is -2.14. The third kappa shape index (κ3) is 3.30. The minimum atomic E-state index is -3.43. The first-order valence-corrected chi connectivity index (χ1v) is 6.77. The van der Waals surface area contributed by atoms with E-state index in [1.807, 2.05) is 13.8 Å². The van der Waals surface area contributed by atoms with Gasteiger partial charge in [-0.15, -0.1) is 0 Å². The Kier molecular flexibility index (Phi) is 4.46. The molecule has 16 heavy (non-hydrogen) atoms. The van der Waals surface area contributed by atoms with Gasteiger partial charge in [-0.05, 0) is 25.5 Å². The Bertz CT molecular complexity index is 422. The maximum Gasteiger partial charge on any atom is 0.240 e. The fourth-order valence-electron chi connectivity index (χ4n) is 1.30. The van der Waals surface area contributed by atoms with E-state index >= 15 is 0 Å². The first-order chi connectivity index (χ1) is 7.49. The average Bonchev–Trinajstić information content (AvgIpc) is 2.26. The summed E-state index contributed by atoms with van der Waals surface area (Å²) in [6.45, 7) is 4.12. The lowest BCUT2D eigenvalue weighted by molar-refractivity contribution is 0.542. The van der Waals surface area contributed by atoms with Crippen LogP contribution < -0.4 is 10.5 Å². The highest BCUT2D eigenvalue weighted by Crippen LogP contribution is 2.10. The summed E-state index contributed by atoms with van der Waals surface area (Å²) in [6, 6.07) is 6.55. The van der Waals surface area contributed by atoms with Crippen LogP contribution in [0.5, 0.6) is 0 Å². The standard InChI is InChI=1S/C11H18N2O2S/c1-3-10(8-12)13-16(14,15)11-6-4-9(2)5-7-11/h4-7,10,13H,3,8,12H2,1-2H3. The number of nitrogens with one attached hydrogen (secondary N) is 1. The Morgan fingerprint density at radius 1 is 1.31 bits per heavy atom. The summed E-state index contributed by atoms with van der Waals surface area (Å²) >= 11 is 0. The number of hydrogen-bond donors (Lipinski definition) is 2. The van der Waals surface area contributed by atoms with E-state index < -0.39 is 10.0 Å². The molecule has 0 amide bonds. The molecule has 0 aliphatic rings. The van der Waals surface area contributed by atoms with Crippen LogP contribution in [0.4, 0.5) is 0 Å². The first kappa shape index (κ1) is 13.2. The zero-order valence-electron chi connectivity index (χ0n) is 9.60. The molecule has 0 bridgehead atoms. The molecule has 1 aromatic carbocycles. The zero-order chi connectivity index (χ0) is 12.2. The molecule has 90 valence electrons. The smallest absolute Gasteiger partial charge is 0.240 e. The van der Waals surface area contributed by atoms with Crippen LogP contribution in [0.25, 0.3) is 0 Å². The number of hydrogen-bond acceptors (Lipinski definition) is 3. The molecule has 1 atom stereocenters. The van der Waals surface area contributed by atoms with Gasteiger partial charge < -0.3 is 5.73 Å². The van der Waals surface area contributed by atoms with E-state index in [9.17, 15) is 8.42 Å². The third-order valence-electron chi connectivity index (χ3n) is 2.43. The maximum atomic E-state index is 11.9. The van der Waals surface area contributed by atoms with Crippen molar-refractivity contribution in [3.05, 3.63) is 29.8 Å². The van der Waals surface area contributed by atoms with E-state index in [0.717, 1.165) is 5.56 Å². The van der Waals surface area contributed by atoms with Crippen molar-refractivity contribution in [2.75, 3.05) is 6.54 Å². The second-order valence-corrected chi connectivity index (χ2v) is 5.49. The van der Waals surface area contributed by atoms with Gasteiger partial charge in [0.1, 0.15) is 0 Å². The number of aryl methyl sites for hydroxylation is 1. The van der Waals surface area contributed by atoms with Crippen LogP contribution in [-0.2, 0) is 10.0 Å². The van der Waals surface area contributed by atoms with Crippen molar-refractivity contribution in [2.24, 2.45) is 5.73 Å². The van der Waals surface area contributed by atoms with Gasteiger partial charge in [-0.3, -0.25) is 0 Å². The van der Waals surface area contributed by atoms with Gasteiger partial charge in [-0.2, -0.15) is 0 Å². The molecule has 4 nitrogen and oxygen atoms in total. The SMILES string of the molecule is CCC(CN)NS(=O)(=O)c1ccc(C)cc1. The van der Waals surface area contributed by atoms with Crippen LogP contribution in [0.3, 0.4) is 0 Å². The first-order valence-electron chi connectivity index (χ1n) is 5.28. The number of rotatable bonds is 5. The number of sulfonamides is 1. The Hall–Kier alpha value is -0.910. The van der Waals surface area contributed by atoms with E-state index in [2.05, 4.69) is 4.72 Å². The van der Waals surface area contributed by atoms with Gasteiger partial charge in [-0.1, -0.05) is 24.6 Å². The molecular formula is C11H18N2O2S. The number of benzene rings is 1. The summed E-state index contributed by atoms with van der Waals surface area (Å²) < 4.78 is 26.4. The second kappa shape index (κ2) is 5.43. The molecule has 1 aromatic rings. The topological polar surface area (TPSA) is 72.2 Å². The van der Waals surface area contributed by atoms with Gasteiger partial charge in [0.2, 0.25) is 10.0 Å². The van der Waals surface area contributed by atoms with Crippen LogP contribution in [0.15, 0.2) is 29.2 Å². The van der Waals surface area contributed by atoms with Crippen molar-refractivity contribution < 1.29 is 8.42 Å². The molecule has 0 heterocycles. The normalized spacial score (nSPS) is 13.7. The summed E-state index contributed by atoms with van der Waals surface area (Å²) in [5.41, 5.74) is 6.50. The van der Waals surface area contributed by atoms with Crippen molar-refractivity contribution >= 4 is 10.0 Å². The van der Waals surface area contributed by atoms with Gasteiger partial charge in [0, 0.05) is 12.6 Å². The van der Waals surface area contributed by atoms with Crippen LogP contribution in [0.1, 0.15) is 18.9 Å². The molecule has 0 radical (unpaired) electrons. The van der Waals surface area contributed by atoms with Gasteiger partial charge in [0.05, 0.1) is 4.90 Å². The van der Waals surface area contributed by atoms with E-state index in [-0.39, 0.29) is 10.9 Å². The summed E-state index contributed by atoms with van der Waals surface area (Å²) in [4.78, 5) is 0.282. The van der Waals surface area contributed by atoms with Crippen LogP contribution in [0.2, 0.25) is 0 Å². The second-order valence-electron chi connectivity index (χ2n) is 3.78. The minimum Gasteiger partial charge on any atom is -0.329 e. The van der Waals surface area contributed by atoms with Crippen molar-refractivity contribution in [3.8, 4) is 0 Å². The van der Waals surface area contributed by atoms with Crippen molar-refractivity contribution in [3.63, 3.8) is 0 Å². The fraction of sp³-hybridized carbons (Fsp3) is 0.455. The molecule has 1 unspecified atom stereocenters. The van der Waals surface area contributed by atoms with Crippen molar-refractivity contribution in [1.82, 2.24) is 4.72 Å². The molecular weight excluding hydrogens is 224 g/mol. The minimum absolute atomic E-state index is 0.202. The molecule has 0 aliphatic carbocycles. The van der Waals surface area contributed by atoms with E-state index in [1.54, 1.807) is 24.3 Å². The van der Waals surface area contributed by atoms with Crippen LogP contribution in [-0.4, -0.2) is 21.0 Å². The van der Waals surface area contributed by atoms with E-state index in [4.69, 9.17) is 5.73 Å². The highest BCUT2D eigenvalue weighted by Gasteiger charge is 2.17. The lowest BCUT2D eigenvalue weighted by atomic mass is 10.2. The monoisotopic (exact) mass is 242 g/mol. The summed E-state index contributed by atoms with van der Waals surface area (Å²) in [6.07, 6.45) is 0.682. The highest BCUT2D eigenvalue weighted by atomic mass is 32.2. The Morgan fingerprint density at radius 3 is 2.31 bits per heavy atom. The molecule has 0 saturated carbocycles. The van der Waals surface area contributed by atoms with E-state index in [1.165, 1.54) is 0 Å². The molecule has 0 spiro atoms. The quantitative estimate of drug-likeness (QED) is 0.809. The molecule has 3 N–H and O–H groups in total. The van der Waals surface area contributed by atoms with Gasteiger partial charge in [0.15, 0.2) is 0 Å². The van der Waals surface area contributed by atoms with Gasteiger partial charge in [0.25, 0.3) is 0 Å². The van der Waals surface area contributed by atoms with Crippen LogP contribution in [0, 0.1) is 6.92 Å². The van der Waals surface area contributed by atoms with Crippen molar-refractivity contribution in [1.29, 1.82) is 0 Å². The summed E-state index contributed by atoms with van der Waals surface area (Å²) in [7, 11) is -3.43. The summed E-state index contributed by atoms with van der Waals surface area (Å²) in [5, 5.41) is 0. The summed E-state index contributed by atoms with van der Waals surface area (Å²) in [5.74, 6) is 0. The predicted octanol–water partition coefficient (Wildman–Crippen LogP) is 1.01. The van der Waals surface area contributed by atoms with Gasteiger partial charge >= 0.3 is 0 Å². The molecule has 0 saturated heterocycles. The molecule has 0 fully saturated rings. The fourth-order valence-corrected chi connectivity index (χ4v) is 2.64. The van der Waals surface area contributed by atoms with Gasteiger partial charge in [-0.25, -0.2) is 13.1 Å². The lowest BCUT2D eigenvalue weighted by Crippen LogP contribution is -2.39. The van der Waals surface area contributed by atoms with E-state index in [0.29, 0.717) is 13.0 Å². The van der Waals surface area contributed by atoms with Crippen molar-refractivity contribution in [2.45, 2.75) is 31.2 Å². The number of nitrogens with two attached hydrogens (primary N) is 1. The largest absolute Gasteiger partial charge is 0.329 e. The Labute approximate surface area is 96.9 Å². The molecule has 0 aromatic heterocycles. The third-order valence-corrected chi connectivity index (χ3v) is 3.97. The Morgan fingerprint density at radius 2 is 1.88 bits per heavy atom. The molecule has 0 aliphatic heterocycles. The molecule has 1 rings (SSSR count). The maximum absolute atomic E-state index is 11.9. The Balaban J connectivity index is 2.89. The predicted molar refractivity (Wildman–Crippen MR) is 64.6 cm³/mol. The van der Waals surface area contributed by atoms with Crippen LogP contribution >= 0.6 is 0 Å². The highest BCUT2D eigenvalue weighted by molar-refractivity contribution is 7.89. The average molecular weight is 242 g/mol. The molecule has 5 heteroatoms.